The molecule has 2 fully saturated rings. The van der Waals surface area contributed by atoms with Crippen LogP contribution in [0.3, 0.4) is 0 Å². The molecular formula is C11H21N3. The lowest BCUT2D eigenvalue weighted by atomic mass is 9.98. The van der Waals surface area contributed by atoms with Crippen molar-refractivity contribution in [2.24, 2.45) is 5.92 Å². The third-order valence-electron chi connectivity index (χ3n) is 3.42. The van der Waals surface area contributed by atoms with Gasteiger partial charge in [0.1, 0.15) is 0 Å². The van der Waals surface area contributed by atoms with Crippen LogP contribution in [0.15, 0.2) is 0 Å². The summed E-state index contributed by atoms with van der Waals surface area (Å²) < 4.78 is 0. The Morgan fingerprint density at radius 3 is 2.86 bits per heavy atom. The zero-order valence-electron chi connectivity index (χ0n) is 9.13. The van der Waals surface area contributed by atoms with Crippen LogP contribution in [0, 0.1) is 11.3 Å². The van der Waals surface area contributed by atoms with Gasteiger partial charge in [0.25, 0.3) is 0 Å². The summed E-state index contributed by atoms with van der Waals surface area (Å²) in [6.45, 7) is 4.74. The summed E-state index contributed by atoms with van der Waals surface area (Å²) in [5.41, 5.74) is 0. The fraction of sp³-hybridized carbons (Fsp3) is 0.909. The molecule has 2 rings (SSSR count). The minimum absolute atomic E-state index is 0.798. The fourth-order valence-corrected chi connectivity index (χ4v) is 2.67. The van der Waals surface area contributed by atoms with Crippen molar-refractivity contribution in [1.29, 1.82) is 5.41 Å². The molecule has 1 N–H and O–H groups in total. The number of piperidine rings is 1. The van der Waals surface area contributed by atoms with Gasteiger partial charge in [-0.25, -0.2) is 0 Å². The van der Waals surface area contributed by atoms with Crippen LogP contribution in [0.25, 0.3) is 0 Å². The van der Waals surface area contributed by atoms with Crippen LogP contribution in [0.2, 0.25) is 0 Å². The summed E-state index contributed by atoms with van der Waals surface area (Å²) in [5, 5.41) is 7.79. The lowest BCUT2D eigenvalue weighted by molar-refractivity contribution is 0.185. The average Bonchev–Trinajstić information content (AvgIpc) is 2.52. The molecule has 0 aromatic heterocycles. The second-order valence-corrected chi connectivity index (χ2v) is 4.77. The zero-order valence-corrected chi connectivity index (χ0v) is 9.13. The van der Waals surface area contributed by atoms with Gasteiger partial charge in [0.15, 0.2) is 0 Å². The molecule has 0 bridgehead atoms. The SMILES string of the molecule is CN1CCCC(CN2CCCC2=N)C1. The summed E-state index contributed by atoms with van der Waals surface area (Å²) in [5.74, 6) is 1.67. The van der Waals surface area contributed by atoms with Gasteiger partial charge in [-0.05, 0) is 38.8 Å². The third kappa shape index (κ3) is 2.27. The second-order valence-electron chi connectivity index (χ2n) is 4.77. The van der Waals surface area contributed by atoms with Gasteiger partial charge < -0.3 is 9.80 Å². The minimum Gasteiger partial charge on any atom is -0.360 e. The number of amidine groups is 1. The predicted molar refractivity (Wildman–Crippen MR) is 58.8 cm³/mol. The molecule has 1 atom stereocenters. The van der Waals surface area contributed by atoms with Crippen LogP contribution in [0.1, 0.15) is 25.7 Å². The number of hydrogen-bond donors (Lipinski definition) is 1. The molecule has 2 aliphatic rings. The highest BCUT2D eigenvalue weighted by molar-refractivity contribution is 5.80. The Hall–Kier alpha value is -0.570. The quantitative estimate of drug-likeness (QED) is 0.722. The van der Waals surface area contributed by atoms with Gasteiger partial charge in [0, 0.05) is 26.1 Å². The van der Waals surface area contributed by atoms with E-state index >= 15 is 0 Å². The molecule has 3 heteroatoms. The molecule has 0 spiro atoms. The molecule has 14 heavy (non-hydrogen) atoms. The van der Waals surface area contributed by atoms with E-state index in [2.05, 4.69) is 16.8 Å². The molecule has 1 unspecified atom stereocenters. The topological polar surface area (TPSA) is 30.3 Å². The predicted octanol–water partition coefficient (Wildman–Crippen LogP) is 1.40. The van der Waals surface area contributed by atoms with Crippen molar-refractivity contribution in [2.75, 3.05) is 33.2 Å². The van der Waals surface area contributed by atoms with Crippen LogP contribution in [-0.2, 0) is 0 Å². The Balaban J connectivity index is 1.81. The van der Waals surface area contributed by atoms with Gasteiger partial charge in [-0.3, -0.25) is 5.41 Å². The monoisotopic (exact) mass is 195 g/mol. The van der Waals surface area contributed by atoms with E-state index in [1.807, 2.05) is 0 Å². The van der Waals surface area contributed by atoms with Crippen molar-refractivity contribution in [2.45, 2.75) is 25.7 Å². The molecule has 80 valence electrons. The van der Waals surface area contributed by atoms with Crippen molar-refractivity contribution < 1.29 is 0 Å². The second kappa shape index (κ2) is 4.30. The number of likely N-dealkylation sites (tertiary alicyclic amines) is 2. The van der Waals surface area contributed by atoms with Crippen molar-refractivity contribution >= 4 is 5.84 Å². The van der Waals surface area contributed by atoms with Crippen LogP contribution in [0.4, 0.5) is 0 Å². The summed E-state index contributed by atoms with van der Waals surface area (Å²) in [6, 6.07) is 0. The summed E-state index contributed by atoms with van der Waals surface area (Å²) in [4.78, 5) is 4.71. The highest BCUT2D eigenvalue weighted by Gasteiger charge is 2.23. The van der Waals surface area contributed by atoms with E-state index in [4.69, 9.17) is 5.41 Å². The van der Waals surface area contributed by atoms with Crippen LogP contribution >= 0.6 is 0 Å². The van der Waals surface area contributed by atoms with Crippen LogP contribution in [-0.4, -0.2) is 48.9 Å². The number of hydrogen-bond acceptors (Lipinski definition) is 2. The largest absolute Gasteiger partial charge is 0.360 e. The molecule has 0 aromatic rings. The minimum atomic E-state index is 0.798. The van der Waals surface area contributed by atoms with Crippen molar-refractivity contribution in [3.05, 3.63) is 0 Å². The maximum Gasteiger partial charge on any atom is 0.0958 e. The van der Waals surface area contributed by atoms with E-state index in [9.17, 15) is 0 Å². The van der Waals surface area contributed by atoms with Crippen LogP contribution < -0.4 is 0 Å². The van der Waals surface area contributed by atoms with Crippen molar-refractivity contribution in [3.63, 3.8) is 0 Å². The molecule has 0 amide bonds. The first-order valence-corrected chi connectivity index (χ1v) is 5.76. The van der Waals surface area contributed by atoms with E-state index in [1.54, 1.807) is 0 Å². The summed E-state index contributed by atoms with van der Waals surface area (Å²) in [7, 11) is 2.21. The van der Waals surface area contributed by atoms with E-state index < -0.39 is 0 Å². The Morgan fingerprint density at radius 1 is 1.36 bits per heavy atom. The molecule has 3 nitrogen and oxygen atoms in total. The molecule has 2 heterocycles. The Bertz CT molecular complexity index is 215. The lowest BCUT2D eigenvalue weighted by Gasteiger charge is -2.32. The molecular weight excluding hydrogens is 174 g/mol. The smallest absolute Gasteiger partial charge is 0.0958 e. The van der Waals surface area contributed by atoms with E-state index in [0.29, 0.717) is 0 Å². The normalized spacial score (nSPS) is 29.9. The van der Waals surface area contributed by atoms with E-state index in [-0.39, 0.29) is 0 Å². The summed E-state index contributed by atoms with van der Waals surface area (Å²) in [6.07, 6.45) is 4.89. The maximum absolute atomic E-state index is 7.79. The lowest BCUT2D eigenvalue weighted by Crippen LogP contribution is -2.39. The molecule has 0 saturated carbocycles. The first kappa shape index (κ1) is 9.97. The number of nitrogens with one attached hydrogen (secondary N) is 1. The van der Waals surface area contributed by atoms with Crippen LogP contribution in [0.5, 0.6) is 0 Å². The molecule has 0 aromatic carbocycles. The zero-order chi connectivity index (χ0) is 9.97. The highest BCUT2D eigenvalue weighted by atomic mass is 15.2. The molecule has 0 aliphatic carbocycles. The number of nitrogens with zero attached hydrogens (tertiary/aromatic N) is 2. The number of rotatable bonds is 2. The Labute approximate surface area is 86.6 Å². The van der Waals surface area contributed by atoms with Gasteiger partial charge >= 0.3 is 0 Å². The van der Waals surface area contributed by atoms with E-state index in [0.717, 1.165) is 31.3 Å². The Morgan fingerprint density at radius 2 is 2.21 bits per heavy atom. The van der Waals surface area contributed by atoms with Gasteiger partial charge in [-0.1, -0.05) is 0 Å². The third-order valence-corrected chi connectivity index (χ3v) is 3.42. The van der Waals surface area contributed by atoms with Gasteiger partial charge in [0.2, 0.25) is 0 Å². The molecule has 2 aliphatic heterocycles. The first-order chi connectivity index (χ1) is 6.75. The van der Waals surface area contributed by atoms with Gasteiger partial charge in [-0.15, -0.1) is 0 Å². The van der Waals surface area contributed by atoms with Gasteiger partial charge in [-0.2, -0.15) is 0 Å². The van der Waals surface area contributed by atoms with Crippen molar-refractivity contribution in [3.8, 4) is 0 Å². The van der Waals surface area contributed by atoms with Gasteiger partial charge in [0.05, 0.1) is 5.84 Å². The maximum atomic E-state index is 7.79. The molecule has 0 radical (unpaired) electrons. The van der Waals surface area contributed by atoms with Crippen molar-refractivity contribution in [1.82, 2.24) is 9.80 Å². The van der Waals surface area contributed by atoms with E-state index in [1.165, 1.54) is 32.4 Å². The summed E-state index contributed by atoms with van der Waals surface area (Å²) >= 11 is 0. The fourth-order valence-electron chi connectivity index (χ4n) is 2.67. The highest BCUT2D eigenvalue weighted by Crippen LogP contribution is 2.19. The molecule has 2 saturated heterocycles. The Kier molecular flexibility index (Phi) is 3.06. The average molecular weight is 195 g/mol. The standard InChI is InChI=1S/C11H21N3/c1-13-6-2-4-10(8-13)9-14-7-3-5-11(14)12/h10,12H,2-9H2,1H3. The first-order valence-electron chi connectivity index (χ1n) is 5.76.